The quantitative estimate of drug-likeness (QED) is 0.227. The van der Waals surface area contributed by atoms with E-state index in [-0.39, 0.29) is 0 Å². The molecule has 6 aromatic carbocycles. The third-order valence-corrected chi connectivity index (χ3v) is 8.32. The molecule has 0 aliphatic rings. The second-order valence-corrected chi connectivity index (χ2v) is 10.4. The minimum Gasteiger partial charge on any atom is -0.309 e. The lowest BCUT2D eigenvalue weighted by atomic mass is 9.99. The Kier molecular flexibility index (Phi) is 4.33. The second-order valence-electron chi connectivity index (χ2n) is 10.4. The van der Waals surface area contributed by atoms with Crippen LogP contribution >= 0.6 is 0 Å². The van der Waals surface area contributed by atoms with E-state index in [1.165, 1.54) is 54.3 Å². The number of aromatic nitrogens is 3. The van der Waals surface area contributed by atoms with Gasteiger partial charge in [-0.25, -0.2) is 4.98 Å². The molecule has 0 radical (unpaired) electrons. The Labute approximate surface area is 230 Å². The number of nitrogens with zero attached hydrogens (tertiary/aromatic N) is 3. The van der Waals surface area contributed by atoms with E-state index in [1.807, 2.05) is 6.20 Å². The summed E-state index contributed by atoms with van der Waals surface area (Å²) in [4.78, 5) is 5.04. The smallest absolute Gasteiger partial charge is 0.145 e. The standard InChI is InChI=1S/C37H23N3/c1-2-13-25(14-3-1)39-31-20-10-9-19-30(31)34-35(39)28-17-7-6-16-27(28)33-29-18-8-11-21-32(29)40(36(33)34)37-26-15-5-4-12-24(26)22-23-38-37/h1-23H. The Morgan fingerprint density at radius 2 is 0.975 bits per heavy atom. The van der Waals surface area contributed by atoms with Crippen molar-refractivity contribution in [1.29, 1.82) is 0 Å². The maximum atomic E-state index is 5.04. The van der Waals surface area contributed by atoms with Crippen LogP contribution in [0.2, 0.25) is 0 Å². The third kappa shape index (κ3) is 2.76. The summed E-state index contributed by atoms with van der Waals surface area (Å²) < 4.78 is 4.84. The fourth-order valence-corrected chi connectivity index (χ4v) is 6.74. The van der Waals surface area contributed by atoms with E-state index < -0.39 is 0 Å². The summed E-state index contributed by atoms with van der Waals surface area (Å²) in [5.41, 5.74) is 5.94. The molecule has 3 aromatic heterocycles. The molecule has 3 nitrogen and oxygen atoms in total. The van der Waals surface area contributed by atoms with Crippen molar-refractivity contribution in [2.75, 3.05) is 0 Å². The first-order chi connectivity index (χ1) is 19.9. The highest BCUT2D eigenvalue weighted by Crippen LogP contribution is 2.46. The Morgan fingerprint density at radius 1 is 0.400 bits per heavy atom. The van der Waals surface area contributed by atoms with E-state index in [9.17, 15) is 0 Å². The van der Waals surface area contributed by atoms with E-state index in [1.54, 1.807) is 0 Å². The minimum absolute atomic E-state index is 0.956. The average molecular weight is 510 g/mol. The molecule has 0 spiro atoms. The Hall–Kier alpha value is -5.41. The molecule has 0 saturated heterocycles. The first-order valence-electron chi connectivity index (χ1n) is 13.7. The Morgan fingerprint density at radius 3 is 1.75 bits per heavy atom. The van der Waals surface area contributed by atoms with Gasteiger partial charge in [-0.2, -0.15) is 0 Å². The molecule has 0 aliphatic heterocycles. The molecule has 0 amide bonds. The van der Waals surface area contributed by atoms with Gasteiger partial charge in [0.15, 0.2) is 0 Å². The van der Waals surface area contributed by atoms with E-state index in [0.29, 0.717) is 0 Å². The summed E-state index contributed by atoms with van der Waals surface area (Å²) in [7, 11) is 0. The summed E-state index contributed by atoms with van der Waals surface area (Å²) in [6.45, 7) is 0. The fourth-order valence-electron chi connectivity index (χ4n) is 6.74. The van der Waals surface area contributed by atoms with Crippen molar-refractivity contribution in [2.45, 2.75) is 0 Å². The number of hydrogen-bond acceptors (Lipinski definition) is 1. The van der Waals surface area contributed by atoms with Crippen molar-refractivity contribution >= 4 is 65.2 Å². The molecule has 0 N–H and O–H groups in total. The van der Waals surface area contributed by atoms with Gasteiger partial charge in [0.05, 0.1) is 22.1 Å². The zero-order chi connectivity index (χ0) is 26.2. The average Bonchev–Trinajstić information content (AvgIpc) is 3.55. The lowest BCUT2D eigenvalue weighted by Gasteiger charge is -2.13. The molecule has 0 fully saturated rings. The van der Waals surface area contributed by atoms with Crippen molar-refractivity contribution in [3.63, 3.8) is 0 Å². The lowest BCUT2D eigenvalue weighted by molar-refractivity contribution is 1.10. The molecule has 9 aromatic rings. The van der Waals surface area contributed by atoms with Crippen LogP contribution in [0, 0.1) is 0 Å². The number of fused-ring (bicyclic) bond motifs is 11. The van der Waals surface area contributed by atoms with Crippen LogP contribution in [0.15, 0.2) is 140 Å². The molecule has 40 heavy (non-hydrogen) atoms. The number of rotatable bonds is 2. The predicted octanol–water partition coefficient (Wildman–Crippen LogP) is 9.58. The highest BCUT2D eigenvalue weighted by molar-refractivity contribution is 6.36. The van der Waals surface area contributed by atoms with Gasteiger partial charge in [0.25, 0.3) is 0 Å². The van der Waals surface area contributed by atoms with Crippen molar-refractivity contribution in [3.8, 4) is 11.5 Å². The predicted molar refractivity (Wildman–Crippen MR) is 168 cm³/mol. The molecule has 0 unspecified atom stereocenters. The van der Waals surface area contributed by atoms with E-state index >= 15 is 0 Å². The zero-order valence-electron chi connectivity index (χ0n) is 21.6. The third-order valence-electron chi connectivity index (χ3n) is 8.32. The topological polar surface area (TPSA) is 22.8 Å². The normalized spacial score (nSPS) is 12.0. The molecular weight excluding hydrogens is 486 g/mol. The van der Waals surface area contributed by atoms with Crippen LogP contribution < -0.4 is 0 Å². The van der Waals surface area contributed by atoms with Gasteiger partial charge in [-0.15, -0.1) is 0 Å². The van der Waals surface area contributed by atoms with Crippen LogP contribution in [-0.2, 0) is 0 Å². The maximum Gasteiger partial charge on any atom is 0.145 e. The van der Waals surface area contributed by atoms with Crippen LogP contribution in [0.5, 0.6) is 0 Å². The maximum absolute atomic E-state index is 5.04. The molecular formula is C37H23N3. The van der Waals surface area contributed by atoms with Crippen LogP contribution in [0.25, 0.3) is 76.7 Å². The first kappa shape index (κ1) is 21.5. The van der Waals surface area contributed by atoms with Crippen molar-refractivity contribution in [3.05, 3.63) is 140 Å². The highest BCUT2D eigenvalue weighted by atomic mass is 15.1. The van der Waals surface area contributed by atoms with Crippen LogP contribution in [-0.4, -0.2) is 14.1 Å². The summed E-state index contributed by atoms with van der Waals surface area (Å²) >= 11 is 0. The summed E-state index contributed by atoms with van der Waals surface area (Å²) in [6.07, 6.45) is 1.93. The van der Waals surface area contributed by atoms with Crippen molar-refractivity contribution in [2.24, 2.45) is 0 Å². The van der Waals surface area contributed by atoms with Gasteiger partial charge in [-0.05, 0) is 41.1 Å². The van der Waals surface area contributed by atoms with Gasteiger partial charge in [-0.3, -0.25) is 4.57 Å². The van der Waals surface area contributed by atoms with Crippen molar-refractivity contribution in [1.82, 2.24) is 14.1 Å². The zero-order valence-corrected chi connectivity index (χ0v) is 21.6. The Balaban J connectivity index is 1.65. The largest absolute Gasteiger partial charge is 0.309 e. The molecule has 0 aliphatic carbocycles. The van der Waals surface area contributed by atoms with Gasteiger partial charge < -0.3 is 4.57 Å². The molecule has 0 atom stereocenters. The molecule has 3 heterocycles. The number of pyridine rings is 1. The SMILES string of the molecule is c1ccc(-n2c3ccccc3c3c2c2ccccc2c2c4ccccc4n(-c4nccc5ccccc45)c23)cc1. The number of benzene rings is 6. The van der Waals surface area contributed by atoms with E-state index in [0.717, 1.165) is 22.4 Å². The molecule has 0 saturated carbocycles. The summed E-state index contributed by atoms with van der Waals surface area (Å²) in [6, 6.07) is 47.8. The molecule has 3 heteroatoms. The minimum atomic E-state index is 0.956. The highest BCUT2D eigenvalue weighted by Gasteiger charge is 2.24. The number of hydrogen-bond donors (Lipinski definition) is 0. The number of para-hydroxylation sites is 3. The van der Waals surface area contributed by atoms with E-state index in [4.69, 9.17) is 4.98 Å². The summed E-state index contributed by atoms with van der Waals surface area (Å²) in [5, 5.41) is 9.81. The van der Waals surface area contributed by atoms with Gasteiger partial charge in [0.2, 0.25) is 0 Å². The van der Waals surface area contributed by atoms with Crippen LogP contribution in [0.1, 0.15) is 0 Å². The lowest BCUT2D eigenvalue weighted by Crippen LogP contribution is -1.99. The Bertz CT molecular complexity index is 2420. The van der Waals surface area contributed by atoms with Crippen LogP contribution in [0.3, 0.4) is 0 Å². The van der Waals surface area contributed by atoms with Gasteiger partial charge in [0, 0.05) is 44.2 Å². The van der Waals surface area contributed by atoms with Gasteiger partial charge in [-0.1, -0.05) is 103 Å². The first-order valence-corrected chi connectivity index (χ1v) is 13.7. The van der Waals surface area contributed by atoms with E-state index in [2.05, 4.69) is 143 Å². The van der Waals surface area contributed by atoms with Gasteiger partial charge in [0.1, 0.15) is 5.82 Å². The van der Waals surface area contributed by atoms with Gasteiger partial charge >= 0.3 is 0 Å². The molecule has 9 rings (SSSR count). The summed E-state index contributed by atoms with van der Waals surface area (Å²) in [5.74, 6) is 0.956. The second kappa shape index (κ2) is 8.05. The monoisotopic (exact) mass is 509 g/mol. The fraction of sp³-hybridized carbons (Fsp3) is 0. The molecule has 186 valence electrons. The van der Waals surface area contributed by atoms with Crippen LogP contribution in [0.4, 0.5) is 0 Å². The molecule has 0 bridgehead atoms. The van der Waals surface area contributed by atoms with Crippen molar-refractivity contribution < 1.29 is 0 Å².